The fraction of sp³-hybridized carbons (Fsp3) is 0.133. The quantitative estimate of drug-likeness (QED) is 0.741. The first-order valence-corrected chi connectivity index (χ1v) is 7.28. The molecule has 3 rings (SSSR count). The Kier molecular flexibility index (Phi) is 3.78. The molecule has 0 fully saturated rings. The highest BCUT2D eigenvalue weighted by atomic mass is 32.2. The van der Waals surface area contributed by atoms with Gasteiger partial charge in [-0.25, -0.2) is 15.0 Å². The van der Waals surface area contributed by atoms with E-state index in [1.54, 1.807) is 18.0 Å². The van der Waals surface area contributed by atoms with Crippen molar-refractivity contribution in [3.05, 3.63) is 48.7 Å². The van der Waals surface area contributed by atoms with Gasteiger partial charge in [-0.15, -0.1) is 0 Å². The van der Waals surface area contributed by atoms with E-state index in [0.29, 0.717) is 5.95 Å². The molecule has 0 unspecified atom stereocenters. The lowest BCUT2D eigenvalue weighted by Crippen LogP contribution is -2.03. The second kappa shape index (κ2) is 5.88. The van der Waals surface area contributed by atoms with E-state index in [0.717, 1.165) is 27.5 Å². The molecule has 0 aliphatic carbocycles. The molecule has 1 N–H and O–H groups in total. The van der Waals surface area contributed by atoms with Crippen molar-refractivity contribution in [3.63, 3.8) is 0 Å². The molecule has 1 aromatic carbocycles. The van der Waals surface area contributed by atoms with E-state index in [1.165, 1.54) is 0 Å². The standard InChI is InChI=1S/C15H14N4S/c1-2-16-15-18-12-8-4-3-7-11(12)14(19-15)20-13-9-5-6-10-17-13/h3-10H,2H2,1H3,(H,16,18,19). The highest BCUT2D eigenvalue weighted by Crippen LogP contribution is 2.30. The number of fused-ring (bicyclic) bond motifs is 1. The first kappa shape index (κ1) is 12.9. The van der Waals surface area contributed by atoms with Gasteiger partial charge in [0.25, 0.3) is 0 Å². The van der Waals surface area contributed by atoms with Gasteiger partial charge in [-0.05, 0) is 36.9 Å². The summed E-state index contributed by atoms with van der Waals surface area (Å²) in [6, 6.07) is 13.9. The maximum absolute atomic E-state index is 4.59. The summed E-state index contributed by atoms with van der Waals surface area (Å²) in [4.78, 5) is 13.4. The number of aromatic nitrogens is 3. The summed E-state index contributed by atoms with van der Waals surface area (Å²) in [5, 5.41) is 6.07. The van der Waals surface area contributed by atoms with Crippen molar-refractivity contribution in [2.75, 3.05) is 11.9 Å². The van der Waals surface area contributed by atoms with Crippen LogP contribution in [0.5, 0.6) is 0 Å². The lowest BCUT2D eigenvalue weighted by atomic mass is 10.2. The Morgan fingerprint density at radius 3 is 2.70 bits per heavy atom. The van der Waals surface area contributed by atoms with E-state index in [1.807, 2.05) is 49.4 Å². The van der Waals surface area contributed by atoms with E-state index in [4.69, 9.17) is 0 Å². The third kappa shape index (κ3) is 2.72. The monoisotopic (exact) mass is 282 g/mol. The third-order valence-electron chi connectivity index (χ3n) is 2.74. The first-order chi connectivity index (χ1) is 9.86. The fourth-order valence-corrected chi connectivity index (χ4v) is 2.74. The average Bonchev–Trinajstić information content (AvgIpc) is 2.49. The van der Waals surface area contributed by atoms with Gasteiger partial charge in [-0.3, -0.25) is 0 Å². The zero-order valence-electron chi connectivity index (χ0n) is 11.1. The Hall–Kier alpha value is -2.14. The van der Waals surface area contributed by atoms with Crippen LogP contribution in [0.15, 0.2) is 58.7 Å². The van der Waals surface area contributed by atoms with Crippen LogP contribution in [0.25, 0.3) is 10.9 Å². The van der Waals surface area contributed by atoms with Gasteiger partial charge in [0.2, 0.25) is 5.95 Å². The number of anilines is 1. The molecule has 5 heteroatoms. The molecule has 3 aromatic rings. The molecule has 0 atom stereocenters. The van der Waals surface area contributed by atoms with Crippen molar-refractivity contribution in [2.45, 2.75) is 17.0 Å². The van der Waals surface area contributed by atoms with Crippen LogP contribution in [-0.2, 0) is 0 Å². The van der Waals surface area contributed by atoms with E-state index in [-0.39, 0.29) is 0 Å². The number of benzene rings is 1. The molecular weight excluding hydrogens is 268 g/mol. The van der Waals surface area contributed by atoms with Gasteiger partial charge in [-0.2, -0.15) is 0 Å². The Morgan fingerprint density at radius 2 is 1.90 bits per heavy atom. The number of nitrogens with zero attached hydrogens (tertiary/aromatic N) is 3. The first-order valence-electron chi connectivity index (χ1n) is 6.46. The Labute approximate surface area is 121 Å². The van der Waals surface area contributed by atoms with Crippen LogP contribution >= 0.6 is 11.8 Å². The van der Waals surface area contributed by atoms with Crippen molar-refractivity contribution in [1.29, 1.82) is 0 Å². The second-order valence-corrected chi connectivity index (χ2v) is 5.18. The Morgan fingerprint density at radius 1 is 1.05 bits per heavy atom. The van der Waals surface area contributed by atoms with Crippen molar-refractivity contribution in [3.8, 4) is 0 Å². The zero-order valence-corrected chi connectivity index (χ0v) is 11.9. The highest BCUT2D eigenvalue weighted by Gasteiger charge is 2.09. The molecule has 0 amide bonds. The summed E-state index contributed by atoms with van der Waals surface area (Å²) >= 11 is 1.55. The number of nitrogens with one attached hydrogen (secondary N) is 1. The molecule has 2 aromatic heterocycles. The molecular formula is C15H14N4S. The number of para-hydroxylation sites is 1. The zero-order chi connectivity index (χ0) is 13.8. The largest absolute Gasteiger partial charge is 0.354 e. The van der Waals surface area contributed by atoms with Gasteiger partial charge in [0, 0.05) is 18.1 Å². The van der Waals surface area contributed by atoms with Crippen LogP contribution in [-0.4, -0.2) is 21.5 Å². The Balaban J connectivity index is 2.07. The SMILES string of the molecule is CCNc1nc(Sc2ccccn2)c2ccccc2n1. The van der Waals surface area contributed by atoms with E-state index < -0.39 is 0 Å². The highest BCUT2D eigenvalue weighted by molar-refractivity contribution is 7.99. The number of hydrogen-bond acceptors (Lipinski definition) is 5. The maximum atomic E-state index is 4.59. The average molecular weight is 282 g/mol. The summed E-state index contributed by atoms with van der Waals surface area (Å²) in [5.74, 6) is 0.657. The van der Waals surface area contributed by atoms with Crippen molar-refractivity contribution in [1.82, 2.24) is 15.0 Å². The summed E-state index contributed by atoms with van der Waals surface area (Å²) in [5.41, 5.74) is 0.942. The van der Waals surface area contributed by atoms with E-state index in [9.17, 15) is 0 Å². The van der Waals surface area contributed by atoms with Gasteiger partial charge in [0.15, 0.2) is 0 Å². The summed E-state index contributed by atoms with van der Waals surface area (Å²) in [6.45, 7) is 2.83. The van der Waals surface area contributed by atoms with Gasteiger partial charge in [0.1, 0.15) is 10.1 Å². The van der Waals surface area contributed by atoms with Crippen molar-refractivity contribution >= 4 is 28.6 Å². The van der Waals surface area contributed by atoms with Gasteiger partial charge in [-0.1, -0.05) is 24.3 Å². The van der Waals surface area contributed by atoms with Gasteiger partial charge in [0.05, 0.1) is 5.52 Å². The minimum Gasteiger partial charge on any atom is -0.354 e. The third-order valence-corrected chi connectivity index (χ3v) is 3.70. The smallest absolute Gasteiger partial charge is 0.224 e. The Bertz CT molecular complexity index is 715. The normalized spacial score (nSPS) is 10.7. The predicted molar refractivity (Wildman–Crippen MR) is 82.1 cm³/mol. The fourth-order valence-electron chi connectivity index (χ4n) is 1.87. The molecule has 20 heavy (non-hydrogen) atoms. The maximum Gasteiger partial charge on any atom is 0.224 e. The molecule has 0 radical (unpaired) electrons. The number of pyridine rings is 1. The molecule has 100 valence electrons. The van der Waals surface area contributed by atoms with Crippen molar-refractivity contribution in [2.24, 2.45) is 0 Å². The minimum absolute atomic E-state index is 0.657. The van der Waals surface area contributed by atoms with Crippen LogP contribution in [0.1, 0.15) is 6.92 Å². The second-order valence-electron chi connectivity index (χ2n) is 4.17. The summed E-state index contributed by atoms with van der Waals surface area (Å²) in [6.07, 6.45) is 1.79. The topological polar surface area (TPSA) is 50.7 Å². The van der Waals surface area contributed by atoms with Crippen LogP contribution in [0.4, 0.5) is 5.95 Å². The van der Waals surface area contributed by atoms with Crippen LogP contribution in [0, 0.1) is 0 Å². The molecule has 0 spiro atoms. The molecule has 2 heterocycles. The van der Waals surface area contributed by atoms with Crippen LogP contribution < -0.4 is 5.32 Å². The van der Waals surface area contributed by atoms with E-state index in [2.05, 4.69) is 20.3 Å². The lowest BCUT2D eigenvalue weighted by molar-refractivity contribution is 1.04. The van der Waals surface area contributed by atoms with Gasteiger partial charge >= 0.3 is 0 Å². The van der Waals surface area contributed by atoms with Crippen LogP contribution in [0.2, 0.25) is 0 Å². The lowest BCUT2D eigenvalue weighted by Gasteiger charge is -2.08. The van der Waals surface area contributed by atoms with Gasteiger partial charge < -0.3 is 5.32 Å². The molecule has 0 bridgehead atoms. The van der Waals surface area contributed by atoms with E-state index >= 15 is 0 Å². The molecule has 0 saturated carbocycles. The number of hydrogen-bond donors (Lipinski definition) is 1. The minimum atomic E-state index is 0.657. The number of rotatable bonds is 4. The van der Waals surface area contributed by atoms with Crippen LogP contribution in [0.3, 0.4) is 0 Å². The van der Waals surface area contributed by atoms with Crippen molar-refractivity contribution < 1.29 is 0 Å². The summed E-state index contributed by atoms with van der Waals surface area (Å²) < 4.78 is 0. The molecule has 0 aliphatic heterocycles. The molecule has 0 saturated heterocycles. The molecule has 4 nitrogen and oxygen atoms in total. The predicted octanol–water partition coefficient (Wildman–Crippen LogP) is 3.61. The molecule has 0 aliphatic rings. The summed E-state index contributed by atoms with van der Waals surface area (Å²) in [7, 11) is 0.